The Kier molecular flexibility index (Phi) is 2.96. The second-order valence-electron chi connectivity index (χ2n) is 4.42. The van der Waals surface area contributed by atoms with Gasteiger partial charge < -0.3 is 10.8 Å². The molecule has 1 atom stereocenters. The molecule has 7 nitrogen and oxygen atoms in total. The zero-order chi connectivity index (χ0) is 14.1. The highest BCUT2D eigenvalue weighted by molar-refractivity contribution is 5.44. The van der Waals surface area contributed by atoms with Crippen LogP contribution >= 0.6 is 0 Å². The number of hydrogen-bond donors (Lipinski definition) is 2. The Labute approximate surface area is 115 Å². The number of nitrogen functional groups attached to an aromatic ring is 1. The average Bonchev–Trinajstić information content (AvgIpc) is 3.08. The molecule has 1 aromatic carbocycles. The first-order valence-corrected chi connectivity index (χ1v) is 6.10. The van der Waals surface area contributed by atoms with Crippen LogP contribution < -0.4 is 5.73 Å². The Morgan fingerprint density at radius 2 is 1.95 bits per heavy atom. The molecule has 3 N–H and O–H groups in total. The summed E-state index contributed by atoms with van der Waals surface area (Å²) in [5.41, 5.74) is 7.78. The second-order valence-corrected chi connectivity index (χ2v) is 4.42. The average molecular weight is 270 g/mol. The molecule has 20 heavy (non-hydrogen) atoms. The highest BCUT2D eigenvalue weighted by Crippen LogP contribution is 2.26. The number of para-hydroxylation sites is 1. The van der Waals surface area contributed by atoms with Gasteiger partial charge in [0.2, 0.25) is 0 Å². The van der Waals surface area contributed by atoms with E-state index in [1.54, 1.807) is 17.9 Å². The van der Waals surface area contributed by atoms with Gasteiger partial charge in [0.15, 0.2) is 0 Å². The van der Waals surface area contributed by atoms with E-state index >= 15 is 0 Å². The molecule has 102 valence electrons. The normalized spacial score (nSPS) is 12.5. The van der Waals surface area contributed by atoms with Crippen molar-refractivity contribution in [1.82, 2.24) is 24.8 Å². The van der Waals surface area contributed by atoms with Crippen LogP contribution in [-0.4, -0.2) is 29.9 Å². The fourth-order valence-corrected chi connectivity index (χ4v) is 2.03. The summed E-state index contributed by atoms with van der Waals surface area (Å²) >= 11 is 0. The Balaban J connectivity index is 2.04. The molecular weight excluding hydrogens is 256 g/mol. The van der Waals surface area contributed by atoms with Crippen molar-refractivity contribution in [2.45, 2.75) is 6.10 Å². The van der Waals surface area contributed by atoms with E-state index in [1.807, 2.05) is 30.3 Å². The van der Waals surface area contributed by atoms with Gasteiger partial charge in [-0.15, -0.1) is 5.10 Å². The smallest absolute Gasteiger partial charge is 0.128 e. The second kappa shape index (κ2) is 4.78. The third-order valence-electron chi connectivity index (χ3n) is 3.17. The van der Waals surface area contributed by atoms with E-state index < -0.39 is 6.10 Å². The molecule has 0 aliphatic heterocycles. The fourth-order valence-electron chi connectivity index (χ4n) is 2.03. The largest absolute Gasteiger partial charge is 0.384 e. The third kappa shape index (κ3) is 1.94. The van der Waals surface area contributed by atoms with Crippen LogP contribution in [0.2, 0.25) is 0 Å². The van der Waals surface area contributed by atoms with E-state index in [-0.39, 0.29) is 0 Å². The van der Waals surface area contributed by atoms with Crippen LogP contribution in [0.1, 0.15) is 17.4 Å². The molecule has 0 bridgehead atoms. The summed E-state index contributed by atoms with van der Waals surface area (Å²) in [6, 6.07) is 9.47. The van der Waals surface area contributed by atoms with Crippen molar-refractivity contribution in [3.05, 3.63) is 54.0 Å². The lowest BCUT2D eigenvalue weighted by molar-refractivity contribution is 0.212. The number of hydrogen-bond acceptors (Lipinski definition) is 5. The van der Waals surface area contributed by atoms with Crippen molar-refractivity contribution < 1.29 is 5.11 Å². The highest BCUT2D eigenvalue weighted by atomic mass is 16.3. The Morgan fingerprint density at radius 1 is 1.20 bits per heavy atom. The lowest BCUT2D eigenvalue weighted by Crippen LogP contribution is -2.10. The maximum absolute atomic E-state index is 10.5. The van der Waals surface area contributed by atoms with Gasteiger partial charge in [0.1, 0.15) is 11.9 Å². The van der Waals surface area contributed by atoms with Gasteiger partial charge in [-0.25, -0.2) is 4.68 Å². The van der Waals surface area contributed by atoms with E-state index in [4.69, 9.17) is 5.73 Å². The Bertz CT molecular complexity index is 718. The van der Waals surface area contributed by atoms with E-state index in [1.165, 1.54) is 10.9 Å². The monoisotopic (exact) mass is 270 g/mol. The van der Waals surface area contributed by atoms with Crippen LogP contribution in [0.3, 0.4) is 0 Å². The quantitative estimate of drug-likeness (QED) is 0.729. The molecule has 2 aromatic heterocycles. The summed E-state index contributed by atoms with van der Waals surface area (Å²) in [6.45, 7) is 0. The van der Waals surface area contributed by atoms with Crippen LogP contribution in [-0.2, 0) is 7.05 Å². The molecule has 0 saturated carbocycles. The minimum atomic E-state index is -0.932. The molecule has 7 heteroatoms. The highest BCUT2D eigenvalue weighted by Gasteiger charge is 2.21. The maximum Gasteiger partial charge on any atom is 0.128 e. The number of benzene rings is 1. The first kappa shape index (κ1) is 12.4. The van der Waals surface area contributed by atoms with E-state index in [0.29, 0.717) is 17.1 Å². The molecule has 3 aromatic rings. The van der Waals surface area contributed by atoms with Crippen molar-refractivity contribution in [1.29, 1.82) is 0 Å². The van der Waals surface area contributed by atoms with Gasteiger partial charge in [0.25, 0.3) is 0 Å². The van der Waals surface area contributed by atoms with Crippen LogP contribution in [0.25, 0.3) is 5.69 Å². The number of aliphatic hydroxyl groups excluding tert-OH is 1. The zero-order valence-electron chi connectivity index (χ0n) is 10.9. The summed E-state index contributed by atoms with van der Waals surface area (Å²) < 4.78 is 3.09. The third-order valence-corrected chi connectivity index (χ3v) is 3.17. The SMILES string of the molecule is Cn1ncc(C(O)c2cnnn2-c2ccccc2)c1N. The van der Waals surface area contributed by atoms with Gasteiger partial charge in [-0.2, -0.15) is 5.10 Å². The van der Waals surface area contributed by atoms with E-state index in [9.17, 15) is 5.11 Å². The van der Waals surface area contributed by atoms with Crippen LogP contribution in [0.4, 0.5) is 5.82 Å². The number of rotatable bonds is 3. The summed E-state index contributed by atoms with van der Waals surface area (Å²) in [4.78, 5) is 0. The summed E-state index contributed by atoms with van der Waals surface area (Å²) in [5, 5.41) is 22.4. The molecule has 0 saturated heterocycles. The summed E-state index contributed by atoms with van der Waals surface area (Å²) in [6.07, 6.45) is 2.13. The van der Waals surface area contributed by atoms with Gasteiger partial charge in [-0.05, 0) is 12.1 Å². The number of aliphatic hydroxyl groups is 1. The molecule has 3 rings (SSSR count). The standard InChI is InChI=1S/C13H14N6O/c1-18-13(14)10(7-16-18)12(20)11-8-15-17-19(11)9-5-3-2-4-6-9/h2-8,12,20H,14H2,1H3. The number of aromatic nitrogens is 5. The summed E-state index contributed by atoms with van der Waals surface area (Å²) in [5.74, 6) is 0.415. The topological polar surface area (TPSA) is 94.8 Å². The minimum absolute atomic E-state index is 0.415. The predicted molar refractivity (Wildman–Crippen MR) is 73.0 cm³/mol. The van der Waals surface area contributed by atoms with Crippen LogP contribution in [0.5, 0.6) is 0 Å². The van der Waals surface area contributed by atoms with Gasteiger partial charge in [-0.1, -0.05) is 23.4 Å². The fraction of sp³-hybridized carbons (Fsp3) is 0.154. The number of nitrogens with zero attached hydrogens (tertiary/aromatic N) is 5. The van der Waals surface area contributed by atoms with Crippen molar-refractivity contribution in [3.63, 3.8) is 0 Å². The van der Waals surface area contributed by atoms with Crippen molar-refractivity contribution in [2.24, 2.45) is 7.05 Å². The lowest BCUT2D eigenvalue weighted by Gasteiger charge is -2.12. The molecule has 0 aliphatic carbocycles. The van der Waals surface area contributed by atoms with Gasteiger partial charge in [-0.3, -0.25) is 4.68 Å². The molecule has 0 radical (unpaired) electrons. The molecule has 0 amide bonds. The molecule has 2 heterocycles. The van der Waals surface area contributed by atoms with Crippen molar-refractivity contribution in [3.8, 4) is 5.69 Å². The maximum atomic E-state index is 10.5. The first-order valence-electron chi connectivity index (χ1n) is 6.10. The molecule has 0 fully saturated rings. The van der Waals surface area contributed by atoms with Gasteiger partial charge in [0.05, 0.1) is 23.8 Å². The van der Waals surface area contributed by atoms with Gasteiger partial charge >= 0.3 is 0 Å². The number of nitrogens with two attached hydrogens (primary N) is 1. The number of aryl methyl sites for hydroxylation is 1. The van der Waals surface area contributed by atoms with Gasteiger partial charge in [0, 0.05) is 12.6 Å². The van der Waals surface area contributed by atoms with Crippen LogP contribution in [0, 0.1) is 0 Å². The number of anilines is 1. The zero-order valence-corrected chi connectivity index (χ0v) is 10.9. The van der Waals surface area contributed by atoms with E-state index in [2.05, 4.69) is 15.4 Å². The van der Waals surface area contributed by atoms with Crippen LogP contribution in [0.15, 0.2) is 42.7 Å². The van der Waals surface area contributed by atoms with Crippen molar-refractivity contribution in [2.75, 3.05) is 5.73 Å². The molecule has 0 spiro atoms. The minimum Gasteiger partial charge on any atom is -0.384 e. The molecule has 0 aliphatic rings. The Morgan fingerprint density at radius 3 is 2.60 bits per heavy atom. The first-order chi connectivity index (χ1) is 9.68. The summed E-state index contributed by atoms with van der Waals surface area (Å²) in [7, 11) is 1.72. The lowest BCUT2D eigenvalue weighted by atomic mass is 10.1. The predicted octanol–water partition coefficient (Wildman–Crippen LogP) is 0.665. The molecular formula is C13H14N6O. The van der Waals surface area contributed by atoms with Crippen molar-refractivity contribution >= 4 is 5.82 Å². The van der Waals surface area contributed by atoms with E-state index in [0.717, 1.165) is 5.69 Å². The Hall–Kier alpha value is -2.67. The molecule has 1 unspecified atom stereocenters.